The van der Waals surface area contributed by atoms with Crippen LogP contribution in [0.25, 0.3) is 0 Å². The highest BCUT2D eigenvalue weighted by molar-refractivity contribution is 7.17. The second-order valence-corrected chi connectivity index (χ2v) is 11.1. The van der Waals surface area contributed by atoms with Crippen LogP contribution in [0.4, 0.5) is 0 Å². The third kappa shape index (κ3) is 13.9. The molecule has 3 fully saturated rings. The topological polar surface area (TPSA) is 0 Å². The van der Waals surface area contributed by atoms with Crippen molar-refractivity contribution in [1.29, 1.82) is 0 Å². The third-order valence-corrected chi connectivity index (χ3v) is 8.06. The van der Waals surface area contributed by atoms with E-state index in [1.165, 1.54) is 70.6 Å². The smallest absolute Gasteiger partial charge is 0.0236 e. The zero-order valence-electron chi connectivity index (χ0n) is 19.8. The van der Waals surface area contributed by atoms with E-state index in [0.29, 0.717) is 0 Å². The maximum Gasteiger partial charge on any atom is -0.0236 e. The maximum absolute atomic E-state index is 3.00. The fraction of sp³-hybridized carbons (Fsp3) is 0.923. The van der Waals surface area contributed by atoms with Crippen molar-refractivity contribution in [3.8, 4) is 0 Å². The molecule has 0 aliphatic heterocycles. The van der Waals surface area contributed by atoms with Crippen molar-refractivity contribution in [2.45, 2.75) is 118 Å². The molecule has 0 nitrogen and oxygen atoms in total. The van der Waals surface area contributed by atoms with Crippen LogP contribution in [-0.2, 0) is 0 Å². The SMILES string of the molecule is C=C.CC1CCC(C)C(P)C1.CC1CCC(C)CC1.CC1CCC(C)CC1. The highest BCUT2D eigenvalue weighted by atomic mass is 31.0. The van der Waals surface area contributed by atoms with E-state index in [1.807, 2.05) is 0 Å². The van der Waals surface area contributed by atoms with E-state index in [0.717, 1.165) is 41.2 Å². The summed E-state index contributed by atoms with van der Waals surface area (Å²) in [6.07, 6.45) is 16.1. The molecule has 0 saturated heterocycles. The molecule has 3 aliphatic carbocycles. The minimum atomic E-state index is 0.897. The van der Waals surface area contributed by atoms with Gasteiger partial charge < -0.3 is 0 Å². The predicted molar refractivity (Wildman–Crippen MR) is 131 cm³/mol. The number of rotatable bonds is 0. The first kappa shape index (κ1) is 27.2. The van der Waals surface area contributed by atoms with Gasteiger partial charge in [0, 0.05) is 0 Å². The van der Waals surface area contributed by atoms with Gasteiger partial charge in [0.15, 0.2) is 0 Å². The molecule has 0 aromatic carbocycles. The van der Waals surface area contributed by atoms with Crippen molar-refractivity contribution in [1.82, 2.24) is 0 Å². The molecule has 3 rings (SSSR count). The number of hydrogen-bond donors (Lipinski definition) is 0. The molecular weight excluding hydrogens is 343 g/mol. The lowest BCUT2D eigenvalue weighted by atomic mass is 9.84. The first-order valence-corrected chi connectivity index (χ1v) is 12.7. The molecule has 0 N–H and O–H groups in total. The number of hydrogen-bond acceptors (Lipinski definition) is 0. The van der Waals surface area contributed by atoms with Crippen LogP contribution in [0.2, 0.25) is 0 Å². The van der Waals surface area contributed by atoms with Crippen LogP contribution in [0.15, 0.2) is 13.2 Å². The summed E-state index contributed by atoms with van der Waals surface area (Å²) in [5, 5.41) is 0. The van der Waals surface area contributed by atoms with Gasteiger partial charge in [0.1, 0.15) is 0 Å². The monoisotopic (exact) mass is 396 g/mol. The molecule has 0 aromatic rings. The van der Waals surface area contributed by atoms with Gasteiger partial charge in [-0.05, 0) is 54.0 Å². The van der Waals surface area contributed by atoms with E-state index in [-0.39, 0.29) is 0 Å². The van der Waals surface area contributed by atoms with Crippen LogP contribution in [0, 0.1) is 35.5 Å². The molecule has 0 amide bonds. The van der Waals surface area contributed by atoms with E-state index in [9.17, 15) is 0 Å². The van der Waals surface area contributed by atoms with Crippen molar-refractivity contribution in [3.05, 3.63) is 13.2 Å². The van der Waals surface area contributed by atoms with Crippen LogP contribution in [0.1, 0.15) is 112 Å². The van der Waals surface area contributed by atoms with Crippen LogP contribution in [-0.4, -0.2) is 5.66 Å². The lowest BCUT2D eigenvalue weighted by Crippen LogP contribution is -2.20. The van der Waals surface area contributed by atoms with Crippen molar-refractivity contribution >= 4 is 9.24 Å². The summed E-state index contributed by atoms with van der Waals surface area (Å²) in [7, 11) is 2.97. The Morgan fingerprint density at radius 1 is 0.481 bits per heavy atom. The Labute approximate surface area is 176 Å². The Kier molecular flexibility index (Phi) is 16.1. The molecule has 0 heterocycles. The van der Waals surface area contributed by atoms with Crippen LogP contribution in [0.5, 0.6) is 0 Å². The summed E-state index contributed by atoms with van der Waals surface area (Å²) in [4.78, 5) is 0. The van der Waals surface area contributed by atoms with Gasteiger partial charge in [-0.15, -0.1) is 22.4 Å². The van der Waals surface area contributed by atoms with E-state index in [1.54, 1.807) is 0 Å². The minimum absolute atomic E-state index is 0.897. The lowest BCUT2D eigenvalue weighted by Gasteiger charge is -2.29. The Hall–Kier alpha value is 0.170. The molecule has 3 saturated carbocycles. The van der Waals surface area contributed by atoms with Crippen molar-refractivity contribution in [2.75, 3.05) is 0 Å². The first-order valence-electron chi connectivity index (χ1n) is 12.0. The Balaban J connectivity index is 0.000000359. The predicted octanol–water partition coefficient (Wildman–Crippen LogP) is 9.15. The molecule has 27 heavy (non-hydrogen) atoms. The van der Waals surface area contributed by atoms with Gasteiger partial charge in [0.05, 0.1) is 0 Å². The molecule has 1 heteroatoms. The summed E-state index contributed by atoms with van der Waals surface area (Å²) in [6.45, 7) is 20.2. The van der Waals surface area contributed by atoms with Gasteiger partial charge in [0.2, 0.25) is 0 Å². The first-order chi connectivity index (χ1) is 12.8. The summed E-state index contributed by atoms with van der Waals surface area (Å²) in [5.74, 6) is 6.00. The average Bonchev–Trinajstić information content (AvgIpc) is 2.66. The average molecular weight is 397 g/mol. The van der Waals surface area contributed by atoms with E-state index < -0.39 is 0 Å². The van der Waals surface area contributed by atoms with Crippen LogP contribution in [0.3, 0.4) is 0 Å². The molecule has 4 unspecified atom stereocenters. The lowest BCUT2D eigenvalue weighted by molar-refractivity contribution is 0.308. The normalized spacial score (nSPS) is 38.7. The zero-order valence-corrected chi connectivity index (χ0v) is 21.0. The molecule has 4 atom stereocenters. The van der Waals surface area contributed by atoms with E-state index >= 15 is 0 Å². The fourth-order valence-electron chi connectivity index (χ4n) is 4.43. The summed E-state index contributed by atoms with van der Waals surface area (Å²) in [6, 6.07) is 0. The van der Waals surface area contributed by atoms with E-state index in [2.05, 4.69) is 63.9 Å². The molecule has 3 aliphatic rings. The highest BCUT2D eigenvalue weighted by Crippen LogP contribution is 2.33. The van der Waals surface area contributed by atoms with Gasteiger partial charge >= 0.3 is 0 Å². The molecule has 0 radical (unpaired) electrons. The van der Waals surface area contributed by atoms with Gasteiger partial charge in [-0.1, -0.05) is 99.3 Å². The molecule has 0 aromatic heterocycles. The van der Waals surface area contributed by atoms with Crippen LogP contribution >= 0.6 is 9.24 Å². The molecule has 162 valence electrons. The largest absolute Gasteiger partial charge is 0.134 e. The van der Waals surface area contributed by atoms with Crippen molar-refractivity contribution in [3.63, 3.8) is 0 Å². The quantitative estimate of drug-likeness (QED) is 0.283. The summed E-state index contributed by atoms with van der Waals surface area (Å²) < 4.78 is 0. The standard InChI is InChI=1S/C8H17P.2C8H16.C2H4/c1-6-3-4-7(2)8(9)5-6;2*1-7-3-5-8(2)6-4-7;1-2/h6-8H,3-5,9H2,1-2H3;2*7-8H,3-6H2,1-2H3;1-2H2. The van der Waals surface area contributed by atoms with Gasteiger partial charge in [-0.2, -0.15) is 0 Å². The van der Waals surface area contributed by atoms with Crippen molar-refractivity contribution in [2.24, 2.45) is 35.5 Å². The Morgan fingerprint density at radius 2 is 0.741 bits per heavy atom. The third-order valence-electron chi connectivity index (χ3n) is 7.13. The second kappa shape index (κ2) is 16.0. The summed E-state index contributed by atoms with van der Waals surface area (Å²) in [5.41, 5.74) is 0.897. The second-order valence-electron chi connectivity index (χ2n) is 10.3. The molecule has 0 bridgehead atoms. The Bertz CT molecular complexity index is 283. The molecule has 0 spiro atoms. The maximum atomic E-state index is 3.00. The van der Waals surface area contributed by atoms with Crippen molar-refractivity contribution < 1.29 is 0 Å². The fourth-order valence-corrected chi connectivity index (χ4v) is 5.09. The zero-order chi connectivity index (χ0) is 20.8. The minimum Gasteiger partial charge on any atom is -0.134 e. The molecular formula is C26H53P. The van der Waals surface area contributed by atoms with E-state index in [4.69, 9.17) is 0 Å². The summed E-state index contributed by atoms with van der Waals surface area (Å²) >= 11 is 0. The van der Waals surface area contributed by atoms with Gasteiger partial charge in [0.25, 0.3) is 0 Å². The van der Waals surface area contributed by atoms with Crippen LogP contribution < -0.4 is 0 Å². The Morgan fingerprint density at radius 3 is 0.963 bits per heavy atom. The van der Waals surface area contributed by atoms with Gasteiger partial charge in [-0.25, -0.2) is 0 Å². The highest BCUT2D eigenvalue weighted by Gasteiger charge is 2.21. The van der Waals surface area contributed by atoms with Gasteiger partial charge in [-0.3, -0.25) is 0 Å².